The summed E-state index contributed by atoms with van der Waals surface area (Å²) in [5.41, 5.74) is 4.41. The van der Waals surface area contributed by atoms with E-state index in [0.717, 1.165) is 45.6 Å². The van der Waals surface area contributed by atoms with Gasteiger partial charge >= 0.3 is 0 Å². The first-order valence-electron chi connectivity index (χ1n) is 9.03. The van der Waals surface area contributed by atoms with Crippen LogP contribution in [0, 0.1) is 6.92 Å². The van der Waals surface area contributed by atoms with Crippen molar-refractivity contribution in [3.05, 3.63) is 66.0 Å². The number of nitrogens with one attached hydrogen (secondary N) is 2. The van der Waals surface area contributed by atoms with Gasteiger partial charge in [0.25, 0.3) is 0 Å². The van der Waals surface area contributed by atoms with E-state index < -0.39 is 0 Å². The SMILES string of the molecule is Cc1c(SCCC(S)c2ncc[nH]2)ccnc1CSc1nc2ccccc2[nH]1. The van der Waals surface area contributed by atoms with Crippen molar-refractivity contribution in [1.29, 1.82) is 0 Å². The van der Waals surface area contributed by atoms with Crippen molar-refractivity contribution in [2.75, 3.05) is 5.75 Å². The fraction of sp³-hybridized carbons (Fsp3) is 0.250. The Morgan fingerprint density at radius 1 is 1.11 bits per heavy atom. The van der Waals surface area contributed by atoms with Crippen LogP contribution in [0.4, 0.5) is 0 Å². The number of nitrogens with zero attached hydrogens (tertiary/aromatic N) is 3. The van der Waals surface area contributed by atoms with Gasteiger partial charge in [-0.2, -0.15) is 12.6 Å². The summed E-state index contributed by atoms with van der Waals surface area (Å²) in [6.45, 7) is 2.15. The lowest BCUT2D eigenvalue weighted by Gasteiger charge is -2.11. The number of hydrogen-bond acceptors (Lipinski definition) is 6. The second-order valence-electron chi connectivity index (χ2n) is 6.36. The minimum atomic E-state index is 0.132. The van der Waals surface area contributed by atoms with Crippen molar-refractivity contribution in [3.8, 4) is 0 Å². The van der Waals surface area contributed by atoms with Crippen LogP contribution in [0.3, 0.4) is 0 Å². The van der Waals surface area contributed by atoms with Crippen LogP contribution in [0.15, 0.2) is 59.0 Å². The number of para-hydroxylation sites is 2. The van der Waals surface area contributed by atoms with Gasteiger partial charge in [-0.15, -0.1) is 11.8 Å². The Morgan fingerprint density at radius 3 is 2.82 bits per heavy atom. The Bertz CT molecular complexity index is 1010. The third-order valence-corrected chi connectivity index (χ3v) is 7.04. The molecule has 4 aromatic rings. The van der Waals surface area contributed by atoms with E-state index in [1.807, 2.05) is 48.4 Å². The highest BCUT2D eigenvalue weighted by atomic mass is 32.2. The Hall–Kier alpha value is -1.90. The molecule has 3 aromatic heterocycles. The zero-order valence-corrected chi connectivity index (χ0v) is 18.0. The van der Waals surface area contributed by atoms with Gasteiger partial charge in [0.2, 0.25) is 0 Å². The molecule has 0 fully saturated rings. The largest absolute Gasteiger partial charge is 0.348 e. The van der Waals surface area contributed by atoms with E-state index in [1.165, 1.54) is 10.5 Å². The molecule has 28 heavy (non-hydrogen) atoms. The van der Waals surface area contributed by atoms with Gasteiger partial charge in [0.15, 0.2) is 5.16 Å². The number of aromatic amines is 2. The summed E-state index contributed by atoms with van der Waals surface area (Å²) < 4.78 is 0. The summed E-state index contributed by atoms with van der Waals surface area (Å²) in [5, 5.41) is 1.06. The maximum absolute atomic E-state index is 4.64. The highest BCUT2D eigenvalue weighted by Crippen LogP contribution is 2.30. The smallest absolute Gasteiger partial charge is 0.166 e. The lowest BCUT2D eigenvalue weighted by Crippen LogP contribution is -1.97. The van der Waals surface area contributed by atoms with E-state index >= 15 is 0 Å². The molecule has 0 bridgehead atoms. The number of fused-ring (bicyclic) bond motifs is 1. The van der Waals surface area contributed by atoms with Crippen molar-refractivity contribution < 1.29 is 0 Å². The summed E-state index contributed by atoms with van der Waals surface area (Å²) >= 11 is 8.18. The molecule has 0 amide bonds. The third-order valence-electron chi connectivity index (χ3n) is 4.46. The van der Waals surface area contributed by atoms with Crippen LogP contribution in [0.2, 0.25) is 0 Å². The van der Waals surface area contributed by atoms with Crippen LogP contribution in [-0.2, 0) is 5.75 Å². The molecule has 1 atom stereocenters. The highest BCUT2D eigenvalue weighted by molar-refractivity contribution is 7.99. The molecule has 5 nitrogen and oxygen atoms in total. The molecule has 1 unspecified atom stereocenters. The Balaban J connectivity index is 1.36. The van der Waals surface area contributed by atoms with E-state index in [-0.39, 0.29) is 5.25 Å². The van der Waals surface area contributed by atoms with E-state index in [2.05, 4.69) is 50.5 Å². The minimum absolute atomic E-state index is 0.132. The zero-order chi connectivity index (χ0) is 19.3. The summed E-state index contributed by atoms with van der Waals surface area (Å²) in [7, 11) is 0. The standard InChI is InChI=1S/C20H21N5S3/c1-13-16(12-28-20-24-14-4-2-3-5-15(14)25-20)21-8-6-18(13)27-11-7-17(26)19-22-9-10-23-19/h2-6,8-10,17,26H,7,11-12H2,1H3,(H,22,23)(H,24,25). The Morgan fingerprint density at radius 2 is 2.00 bits per heavy atom. The predicted octanol–water partition coefficient (Wildman–Crippen LogP) is 5.44. The number of imidazole rings is 2. The fourth-order valence-corrected chi connectivity index (χ4v) is 5.29. The van der Waals surface area contributed by atoms with E-state index in [0.29, 0.717) is 0 Å². The number of thioether (sulfide) groups is 2. The molecule has 0 aliphatic heterocycles. The van der Waals surface area contributed by atoms with Gasteiger partial charge in [-0.3, -0.25) is 4.98 Å². The third kappa shape index (κ3) is 4.56. The molecule has 8 heteroatoms. The number of H-pyrrole nitrogens is 2. The van der Waals surface area contributed by atoms with Gasteiger partial charge < -0.3 is 9.97 Å². The topological polar surface area (TPSA) is 70.2 Å². The van der Waals surface area contributed by atoms with E-state index in [9.17, 15) is 0 Å². The van der Waals surface area contributed by atoms with Gasteiger partial charge in [0.05, 0.1) is 22.0 Å². The van der Waals surface area contributed by atoms with Crippen LogP contribution in [0.1, 0.15) is 28.8 Å². The molecule has 0 radical (unpaired) electrons. The van der Waals surface area contributed by atoms with E-state index in [4.69, 9.17) is 0 Å². The summed E-state index contributed by atoms with van der Waals surface area (Å²) in [6, 6.07) is 10.2. The van der Waals surface area contributed by atoms with Gasteiger partial charge in [-0.1, -0.05) is 23.9 Å². The molecule has 0 spiro atoms. The second kappa shape index (κ2) is 9.07. The molecule has 4 rings (SSSR count). The maximum Gasteiger partial charge on any atom is 0.166 e. The molecule has 0 saturated carbocycles. The molecule has 2 N–H and O–H groups in total. The van der Waals surface area contributed by atoms with Crippen molar-refractivity contribution in [3.63, 3.8) is 0 Å². The first-order chi connectivity index (χ1) is 13.7. The van der Waals surface area contributed by atoms with Crippen molar-refractivity contribution in [2.45, 2.75) is 34.4 Å². The summed E-state index contributed by atoms with van der Waals surface area (Å²) in [4.78, 5) is 21.3. The molecule has 0 aliphatic rings. The molecule has 144 valence electrons. The van der Waals surface area contributed by atoms with Crippen LogP contribution in [-0.4, -0.2) is 30.7 Å². The maximum atomic E-state index is 4.64. The van der Waals surface area contributed by atoms with Crippen LogP contribution in [0.25, 0.3) is 11.0 Å². The number of rotatable bonds is 8. The van der Waals surface area contributed by atoms with Crippen LogP contribution >= 0.6 is 36.2 Å². The van der Waals surface area contributed by atoms with Crippen molar-refractivity contribution >= 4 is 47.2 Å². The first-order valence-corrected chi connectivity index (χ1v) is 11.5. The first kappa shape index (κ1) is 19.4. The van der Waals surface area contributed by atoms with Crippen molar-refractivity contribution in [2.24, 2.45) is 0 Å². The number of hydrogen-bond donors (Lipinski definition) is 3. The molecular formula is C20H21N5S3. The lowest BCUT2D eigenvalue weighted by molar-refractivity contribution is 0.847. The molecule has 0 saturated heterocycles. The zero-order valence-electron chi connectivity index (χ0n) is 15.4. The lowest BCUT2D eigenvalue weighted by atomic mass is 10.2. The number of pyridine rings is 1. The van der Waals surface area contributed by atoms with Crippen LogP contribution in [0.5, 0.6) is 0 Å². The Labute approximate surface area is 178 Å². The fourth-order valence-electron chi connectivity index (χ4n) is 2.87. The van der Waals surface area contributed by atoms with E-state index in [1.54, 1.807) is 18.0 Å². The Kier molecular flexibility index (Phi) is 6.29. The second-order valence-corrected chi connectivity index (χ2v) is 9.08. The average molecular weight is 428 g/mol. The molecule has 3 heterocycles. The minimum Gasteiger partial charge on any atom is -0.348 e. The molecular weight excluding hydrogens is 406 g/mol. The highest BCUT2D eigenvalue weighted by Gasteiger charge is 2.11. The summed E-state index contributed by atoms with van der Waals surface area (Å²) in [5.74, 6) is 2.70. The monoisotopic (exact) mass is 427 g/mol. The van der Waals surface area contributed by atoms with Gasteiger partial charge in [-0.05, 0) is 42.9 Å². The van der Waals surface area contributed by atoms with Gasteiger partial charge in [-0.25, -0.2) is 9.97 Å². The quantitative estimate of drug-likeness (QED) is 0.258. The normalized spacial score (nSPS) is 12.5. The number of thiol groups is 1. The summed E-state index contributed by atoms with van der Waals surface area (Å²) in [6.07, 6.45) is 6.45. The predicted molar refractivity (Wildman–Crippen MR) is 120 cm³/mol. The molecule has 1 aromatic carbocycles. The number of benzene rings is 1. The number of aromatic nitrogens is 5. The van der Waals surface area contributed by atoms with Gasteiger partial charge in [0.1, 0.15) is 5.82 Å². The van der Waals surface area contributed by atoms with Crippen LogP contribution < -0.4 is 0 Å². The van der Waals surface area contributed by atoms with Gasteiger partial charge in [0, 0.05) is 29.2 Å². The molecule has 0 aliphatic carbocycles. The average Bonchev–Trinajstić information content (AvgIpc) is 3.38. The van der Waals surface area contributed by atoms with Crippen molar-refractivity contribution in [1.82, 2.24) is 24.9 Å².